The number of aliphatic hydroxyl groups is 2. The van der Waals surface area contributed by atoms with Gasteiger partial charge < -0.3 is 10.2 Å². The molecule has 128 valence electrons. The first-order valence-electron chi connectivity index (χ1n) is 7.88. The van der Waals surface area contributed by atoms with E-state index < -0.39 is 28.3 Å². The fraction of sp³-hybridized carbons (Fsp3) is 0.333. The lowest BCUT2D eigenvalue weighted by Gasteiger charge is -2.24. The molecule has 0 spiro atoms. The van der Waals surface area contributed by atoms with E-state index in [1.165, 1.54) is 12.1 Å². The van der Waals surface area contributed by atoms with Gasteiger partial charge in [0.05, 0.1) is 23.1 Å². The fourth-order valence-electron chi connectivity index (χ4n) is 3.27. The molecule has 4 atom stereocenters. The number of hydrogen-bond acceptors (Lipinski definition) is 4. The van der Waals surface area contributed by atoms with Crippen LogP contribution in [0.2, 0.25) is 0 Å². The second-order valence-electron chi connectivity index (χ2n) is 6.27. The predicted octanol–water partition coefficient (Wildman–Crippen LogP) is 1.55. The number of nitrogens with one attached hydrogen (secondary N) is 1. The van der Waals surface area contributed by atoms with Gasteiger partial charge in [0.25, 0.3) is 0 Å². The molecule has 6 heteroatoms. The molecule has 0 heterocycles. The largest absolute Gasteiger partial charge is 0.390 e. The van der Waals surface area contributed by atoms with Gasteiger partial charge in [0.1, 0.15) is 0 Å². The van der Waals surface area contributed by atoms with Gasteiger partial charge in [-0.2, -0.15) is 0 Å². The van der Waals surface area contributed by atoms with Gasteiger partial charge in [-0.25, -0.2) is 13.1 Å². The molecule has 1 fully saturated rings. The number of hydrogen-bond donors (Lipinski definition) is 3. The van der Waals surface area contributed by atoms with Crippen LogP contribution >= 0.6 is 0 Å². The van der Waals surface area contributed by atoms with Crippen molar-refractivity contribution < 1.29 is 18.6 Å². The summed E-state index contributed by atoms with van der Waals surface area (Å²) >= 11 is 0. The third-order valence-electron chi connectivity index (χ3n) is 4.51. The Bertz CT molecular complexity index is 807. The van der Waals surface area contributed by atoms with Crippen molar-refractivity contribution in [1.82, 2.24) is 4.72 Å². The van der Waals surface area contributed by atoms with E-state index >= 15 is 0 Å². The summed E-state index contributed by atoms with van der Waals surface area (Å²) in [6.45, 7) is 1.95. The highest BCUT2D eigenvalue weighted by atomic mass is 32.2. The van der Waals surface area contributed by atoms with Gasteiger partial charge in [0.15, 0.2) is 0 Å². The van der Waals surface area contributed by atoms with Gasteiger partial charge in [-0.1, -0.05) is 48.0 Å². The van der Waals surface area contributed by atoms with E-state index in [2.05, 4.69) is 4.72 Å². The molecular formula is C18H21NO4S. The van der Waals surface area contributed by atoms with Gasteiger partial charge in [-0.05, 0) is 31.0 Å². The smallest absolute Gasteiger partial charge is 0.240 e. The lowest BCUT2D eigenvalue weighted by atomic mass is 9.93. The lowest BCUT2D eigenvalue weighted by Crippen LogP contribution is -2.45. The summed E-state index contributed by atoms with van der Waals surface area (Å²) < 4.78 is 27.7. The minimum absolute atomic E-state index is 0.140. The Hall–Kier alpha value is -1.73. The highest BCUT2D eigenvalue weighted by Gasteiger charge is 2.44. The number of aliphatic hydroxyl groups excluding tert-OH is 2. The summed E-state index contributed by atoms with van der Waals surface area (Å²) in [6, 6.07) is 15.0. The fourth-order valence-corrected chi connectivity index (χ4v) is 4.58. The SMILES string of the molecule is Cc1cccc([C@H]2C[C@@H](O)[C@@H](O)[C@@H]2NS(=O)(=O)c2ccccc2)c1. The Morgan fingerprint density at radius 1 is 1.04 bits per heavy atom. The van der Waals surface area contributed by atoms with Gasteiger partial charge in [-0.15, -0.1) is 0 Å². The molecule has 5 nitrogen and oxygen atoms in total. The van der Waals surface area contributed by atoms with E-state index in [1.807, 2.05) is 31.2 Å². The van der Waals surface area contributed by atoms with Gasteiger partial charge in [-0.3, -0.25) is 0 Å². The first-order chi connectivity index (χ1) is 11.4. The Labute approximate surface area is 142 Å². The summed E-state index contributed by atoms with van der Waals surface area (Å²) in [6.07, 6.45) is -1.79. The molecule has 0 unspecified atom stereocenters. The maximum atomic E-state index is 12.6. The molecule has 0 amide bonds. The molecule has 3 rings (SSSR count). The first kappa shape index (κ1) is 17.1. The summed E-state index contributed by atoms with van der Waals surface area (Å²) in [4.78, 5) is 0.140. The maximum absolute atomic E-state index is 12.6. The van der Waals surface area contributed by atoms with E-state index in [-0.39, 0.29) is 10.8 Å². The molecule has 3 N–H and O–H groups in total. The summed E-state index contributed by atoms with van der Waals surface area (Å²) in [5.41, 5.74) is 1.96. The zero-order valence-electron chi connectivity index (χ0n) is 13.3. The van der Waals surface area contributed by atoms with Crippen molar-refractivity contribution in [2.75, 3.05) is 0 Å². The minimum Gasteiger partial charge on any atom is -0.390 e. The van der Waals surface area contributed by atoms with Crippen LogP contribution in [0.1, 0.15) is 23.5 Å². The van der Waals surface area contributed by atoms with Crippen LogP contribution in [0.5, 0.6) is 0 Å². The monoisotopic (exact) mass is 347 g/mol. The van der Waals surface area contributed by atoms with Crippen LogP contribution in [0.15, 0.2) is 59.5 Å². The van der Waals surface area contributed by atoms with Crippen LogP contribution in [0, 0.1) is 6.92 Å². The zero-order valence-corrected chi connectivity index (χ0v) is 14.1. The number of benzene rings is 2. The van der Waals surface area contributed by atoms with Gasteiger partial charge in [0, 0.05) is 5.92 Å². The third kappa shape index (κ3) is 3.37. The van der Waals surface area contributed by atoms with Crippen LogP contribution in [-0.4, -0.2) is 36.9 Å². The Kier molecular flexibility index (Phi) is 4.73. The second kappa shape index (κ2) is 6.64. The van der Waals surface area contributed by atoms with Crippen LogP contribution in [0.25, 0.3) is 0 Å². The Morgan fingerprint density at radius 2 is 1.75 bits per heavy atom. The van der Waals surface area contributed by atoms with Crippen LogP contribution in [0.3, 0.4) is 0 Å². The van der Waals surface area contributed by atoms with Crippen molar-refractivity contribution in [1.29, 1.82) is 0 Å². The Balaban J connectivity index is 1.92. The molecule has 0 bridgehead atoms. The molecule has 1 aliphatic rings. The minimum atomic E-state index is -3.77. The molecule has 1 saturated carbocycles. The number of aryl methyl sites for hydroxylation is 1. The van der Waals surface area contributed by atoms with Crippen molar-refractivity contribution in [3.05, 3.63) is 65.7 Å². The summed E-state index contributed by atoms with van der Waals surface area (Å²) in [5, 5.41) is 20.3. The Morgan fingerprint density at radius 3 is 2.42 bits per heavy atom. The number of rotatable bonds is 4. The normalized spacial score (nSPS) is 27.3. The molecule has 1 aliphatic carbocycles. The first-order valence-corrected chi connectivity index (χ1v) is 9.37. The zero-order chi connectivity index (χ0) is 17.3. The van der Waals surface area contributed by atoms with Crippen LogP contribution in [-0.2, 0) is 10.0 Å². The molecular weight excluding hydrogens is 326 g/mol. The average molecular weight is 347 g/mol. The van der Waals surface area contributed by atoms with Crippen molar-refractivity contribution >= 4 is 10.0 Å². The summed E-state index contributed by atoms with van der Waals surface area (Å²) in [5.74, 6) is -0.284. The van der Waals surface area contributed by atoms with Crippen LogP contribution in [0.4, 0.5) is 0 Å². The molecule has 2 aromatic rings. The maximum Gasteiger partial charge on any atom is 0.240 e. The van der Waals surface area contributed by atoms with Gasteiger partial charge in [0.2, 0.25) is 10.0 Å². The molecule has 0 aromatic heterocycles. The standard InChI is InChI=1S/C18H21NO4S/c1-12-6-5-7-13(10-12)15-11-16(20)18(21)17(15)19-24(22,23)14-8-3-2-4-9-14/h2-10,15-21H,11H2,1H3/t15-,16-,17-,18-/m1/s1. The lowest BCUT2D eigenvalue weighted by molar-refractivity contribution is 0.0338. The summed E-state index contributed by atoms with van der Waals surface area (Å²) in [7, 11) is -3.77. The van der Waals surface area contributed by atoms with Crippen molar-refractivity contribution in [3.8, 4) is 0 Å². The van der Waals surface area contributed by atoms with Crippen molar-refractivity contribution in [2.24, 2.45) is 0 Å². The van der Waals surface area contributed by atoms with E-state index in [4.69, 9.17) is 0 Å². The van der Waals surface area contributed by atoms with E-state index in [9.17, 15) is 18.6 Å². The van der Waals surface area contributed by atoms with Crippen molar-refractivity contribution in [2.45, 2.75) is 42.4 Å². The highest BCUT2D eigenvalue weighted by molar-refractivity contribution is 7.89. The molecule has 0 saturated heterocycles. The molecule has 2 aromatic carbocycles. The quantitative estimate of drug-likeness (QED) is 0.783. The van der Waals surface area contributed by atoms with E-state index in [0.717, 1.165) is 11.1 Å². The number of sulfonamides is 1. The van der Waals surface area contributed by atoms with E-state index in [0.29, 0.717) is 6.42 Å². The van der Waals surface area contributed by atoms with Crippen molar-refractivity contribution in [3.63, 3.8) is 0 Å². The van der Waals surface area contributed by atoms with E-state index in [1.54, 1.807) is 18.2 Å². The van der Waals surface area contributed by atoms with Gasteiger partial charge >= 0.3 is 0 Å². The predicted molar refractivity (Wildman–Crippen MR) is 91.1 cm³/mol. The topological polar surface area (TPSA) is 86.6 Å². The molecule has 0 aliphatic heterocycles. The second-order valence-corrected chi connectivity index (χ2v) is 7.99. The molecule has 24 heavy (non-hydrogen) atoms. The highest BCUT2D eigenvalue weighted by Crippen LogP contribution is 2.36. The average Bonchev–Trinajstić information content (AvgIpc) is 2.84. The van der Waals surface area contributed by atoms with Crippen LogP contribution < -0.4 is 4.72 Å². The third-order valence-corrected chi connectivity index (χ3v) is 5.98. The molecule has 0 radical (unpaired) electrons.